The van der Waals surface area contributed by atoms with Gasteiger partial charge in [0.25, 0.3) is 0 Å². The van der Waals surface area contributed by atoms with Crippen molar-refractivity contribution < 1.29 is 17.9 Å². The second-order valence-corrected chi connectivity index (χ2v) is 6.27. The van der Waals surface area contributed by atoms with Gasteiger partial charge in [0.05, 0.1) is 19.4 Å². The van der Waals surface area contributed by atoms with Crippen LogP contribution >= 0.6 is 12.4 Å². The van der Waals surface area contributed by atoms with E-state index in [1.807, 2.05) is 6.07 Å². The summed E-state index contributed by atoms with van der Waals surface area (Å²) in [4.78, 5) is 11.6. The van der Waals surface area contributed by atoms with E-state index in [-0.39, 0.29) is 24.9 Å². The number of ether oxygens (including phenoxy) is 1. The second-order valence-electron chi connectivity index (χ2n) is 4.52. The number of carbonyl (C=O) groups excluding carboxylic acids is 1. The van der Waals surface area contributed by atoms with Crippen LogP contribution in [0.2, 0.25) is 0 Å². The Balaban J connectivity index is 0.00000441. The van der Waals surface area contributed by atoms with Gasteiger partial charge in [-0.05, 0) is 17.7 Å². The standard InChI is InChI=1S/C13H21N3O4S.ClH/c1-20-7-6-14-10-13(17)15-9-11-4-3-5-12(8-11)16-21(2,18)19;/h3-5,8,14,16H,6-7,9-10H2,1-2H3,(H,15,17);1H. The van der Waals surface area contributed by atoms with Gasteiger partial charge in [0.15, 0.2) is 0 Å². The summed E-state index contributed by atoms with van der Waals surface area (Å²) in [6.07, 6.45) is 1.09. The Kier molecular flexibility index (Phi) is 9.75. The minimum Gasteiger partial charge on any atom is -0.383 e. The van der Waals surface area contributed by atoms with Crippen LogP contribution in [0.1, 0.15) is 5.56 Å². The summed E-state index contributed by atoms with van der Waals surface area (Å²) in [7, 11) is -1.71. The SMILES string of the molecule is COCCNCC(=O)NCc1cccc(NS(C)(=O)=O)c1.Cl. The van der Waals surface area contributed by atoms with Crippen LogP contribution in [-0.4, -0.2) is 47.4 Å². The summed E-state index contributed by atoms with van der Waals surface area (Å²) in [5.41, 5.74) is 1.29. The molecule has 1 amide bonds. The first-order chi connectivity index (χ1) is 9.90. The second kappa shape index (κ2) is 10.4. The van der Waals surface area contributed by atoms with E-state index in [9.17, 15) is 13.2 Å². The lowest BCUT2D eigenvalue weighted by Crippen LogP contribution is -2.34. The summed E-state index contributed by atoms with van der Waals surface area (Å²) >= 11 is 0. The third-order valence-electron chi connectivity index (χ3n) is 2.49. The summed E-state index contributed by atoms with van der Waals surface area (Å²) < 4.78 is 29.5. The Labute approximate surface area is 137 Å². The lowest BCUT2D eigenvalue weighted by molar-refractivity contribution is -0.120. The Morgan fingerprint density at radius 3 is 2.68 bits per heavy atom. The molecule has 0 aliphatic rings. The average Bonchev–Trinajstić information content (AvgIpc) is 2.40. The van der Waals surface area contributed by atoms with Gasteiger partial charge in [0.2, 0.25) is 15.9 Å². The van der Waals surface area contributed by atoms with Crippen LogP contribution in [0.25, 0.3) is 0 Å². The molecule has 3 N–H and O–H groups in total. The number of nitrogens with one attached hydrogen (secondary N) is 3. The molecule has 126 valence electrons. The predicted molar refractivity (Wildman–Crippen MR) is 88.7 cm³/mol. The summed E-state index contributed by atoms with van der Waals surface area (Å²) in [5, 5.41) is 5.68. The molecule has 0 atom stereocenters. The first kappa shape index (κ1) is 20.6. The molecule has 0 bridgehead atoms. The Bertz CT molecular complexity index is 566. The Morgan fingerprint density at radius 1 is 1.32 bits per heavy atom. The van der Waals surface area contributed by atoms with Crippen molar-refractivity contribution in [1.82, 2.24) is 10.6 Å². The van der Waals surface area contributed by atoms with E-state index in [4.69, 9.17) is 4.74 Å². The molecule has 0 saturated carbocycles. The van der Waals surface area contributed by atoms with E-state index in [2.05, 4.69) is 15.4 Å². The van der Waals surface area contributed by atoms with Crippen molar-refractivity contribution in [1.29, 1.82) is 0 Å². The lowest BCUT2D eigenvalue weighted by Gasteiger charge is -2.09. The van der Waals surface area contributed by atoms with Gasteiger partial charge in [-0.1, -0.05) is 12.1 Å². The summed E-state index contributed by atoms with van der Waals surface area (Å²) in [6.45, 7) is 1.71. The highest BCUT2D eigenvalue weighted by atomic mass is 35.5. The quantitative estimate of drug-likeness (QED) is 0.557. The van der Waals surface area contributed by atoms with E-state index in [1.54, 1.807) is 25.3 Å². The number of halogens is 1. The van der Waals surface area contributed by atoms with Gasteiger partial charge in [-0.25, -0.2) is 8.42 Å². The number of carbonyl (C=O) groups is 1. The van der Waals surface area contributed by atoms with Gasteiger partial charge in [0.1, 0.15) is 0 Å². The predicted octanol–water partition coefficient (Wildman–Crippen LogP) is 0.332. The number of amides is 1. The molecule has 0 aliphatic heterocycles. The fourth-order valence-electron chi connectivity index (χ4n) is 1.60. The third-order valence-corrected chi connectivity index (χ3v) is 3.09. The minimum absolute atomic E-state index is 0. The number of anilines is 1. The number of methoxy groups -OCH3 is 1. The van der Waals surface area contributed by atoms with Crippen molar-refractivity contribution in [2.24, 2.45) is 0 Å². The first-order valence-electron chi connectivity index (χ1n) is 6.44. The highest BCUT2D eigenvalue weighted by Gasteiger charge is 2.04. The normalized spacial score (nSPS) is 10.6. The van der Waals surface area contributed by atoms with Crippen molar-refractivity contribution in [3.05, 3.63) is 29.8 Å². The summed E-state index contributed by atoms with van der Waals surface area (Å²) in [6, 6.07) is 6.87. The largest absolute Gasteiger partial charge is 0.383 e. The zero-order chi connectivity index (χ0) is 15.7. The molecule has 1 aromatic carbocycles. The first-order valence-corrected chi connectivity index (χ1v) is 8.33. The average molecular weight is 352 g/mol. The number of benzene rings is 1. The van der Waals surface area contributed by atoms with E-state index in [0.29, 0.717) is 25.4 Å². The molecule has 0 radical (unpaired) electrons. The maximum absolute atomic E-state index is 11.6. The maximum Gasteiger partial charge on any atom is 0.234 e. The number of sulfonamides is 1. The molecule has 9 heteroatoms. The molecule has 0 aliphatic carbocycles. The van der Waals surface area contributed by atoms with Crippen molar-refractivity contribution in [3.8, 4) is 0 Å². The molecule has 1 aromatic rings. The third kappa shape index (κ3) is 9.56. The molecule has 0 heterocycles. The molecule has 0 fully saturated rings. The summed E-state index contributed by atoms with van der Waals surface area (Å²) in [5.74, 6) is -0.132. The van der Waals surface area contributed by atoms with Gasteiger partial charge in [-0.15, -0.1) is 12.4 Å². The molecular weight excluding hydrogens is 330 g/mol. The molecule has 22 heavy (non-hydrogen) atoms. The van der Waals surface area contributed by atoms with Crippen LogP contribution < -0.4 is 15.4 Å². The lowest BCUT2D eigenvalue weighted by atomic mass is 10.2. The van der Waals surface area contributed by atoms with Crippen molar-refractivity contribution in [2.45, 2.75) is 6.54 Å². The molecule has 0 spiro atoms. The zero-order valence-electron chi connectivity index (χ0n) is 12.6. The van der Waals surface area contributed by atoms with E-state index < -0.39 is 10.0 Å². The Morgan fingerprint density at radius 2 is 2.05 bits per heavy atom. The molecule has 1 rings (SSSR count). The minimum atomic E-state index is -3.30. The molecule has 0 saturated heterocycles. The van der Waals surface area contributed by atoms with Crippen molar-refractivity contribution in [3.63, 3.8) is 0 Å². The van der Waals surface area contributed by atoms with Crippen LogP contribution in [0.5, 0.6) is 0 Å². The van der Waals surface area contributed by atoms with Crippen LogP contribution in [0, 0.1) is 0 Å². The van der Waals surface area contributed by atoms with Gasteiger partial charge in [-0.3, -0.25) is 9.52 Å². The number of hydrogen-bond acceptors (Lipinski definition) is 5. The van der Waals surface area contributed by atoms with E-state index >= 15 is 0 Å². The highest BCUT2D eigenvalue weighted by molar-refractivity contribution is 7.92. The Hall–Kier alpha value is -1.35. The molecule has 7 nitrogen and oxygen atoms in total. The van der Waals surface area contributed by atoms with Crippen LogP contribution in [-0.2, 0) is 26.1 Å². The van der Waals surface area contributed by atoms with E-state index in [0.717, 1.165) is 11.8 Å². The van der Waals surface area contributed by atoms with Gasteiger partial charge >= 0.3 is 0 Å². The topological polar surface area (TPSA) is 96.5 Å². The number of rotatable bonds is 9. The fraction of sp³-hybridized carbons (Fsp3) is 0.462. The van der Waals surface area contributed by atoms with Crippen molar-refractivity contribution >= 4 is 34.0 Å². The van der Waals surface area contributed by atoms with Crippen molar-refractivity contribution in [2.75, 3.05) is 37.8 Å². The molecule has 0 unspecified atom stereocenters. The van der Waals surface area contributed by atoms with Gasteiger partial charge in [-0.2, -0.15) is 0 Å². The van der Waals surface area contributed by atoms with E-state index in [1.165, 1.54) is 0 Å². The van der Waals surface area contributed by atoms with Crippen LogP contribution in [0.15, 0.2) is 24.3 Å². The maximum atomic E-state index is 11.6. The smallest absolute Gasteiger partial charge is 0.234 e. The monoisotopic (exact) mass is 351 g/mol. The highest BCUT2D eigenvalue weighted by Crippen LogP contribution is 2.11. The molecular formula is C13H22ClN3O4S. The number of hydrogen-bond donors (Lipinski definition) is 3. The van der Waals surface area contributed by atoms with Gasteiger partial charge < -0.3 is 15.4 Å². The van der Waals surface area contributed by atoms with Crippen LogP contribution in [0.4, 0.5) is 5.69 Å². The zero-order valence-corrected chi connectivity index (χ0v) is 14.2. The fourth-order valence-corrected chi connectivity index (χ4v) is 2.15. The van der Waals surface area contributed by atoms with Gasteiger partial charge in [0, 0.05) is 25.9 Å². The van der Waals surface area contributed by atoms with Crippen LogP contribution in [0.3, 0.4) is 0 Å². The molecule has 0 aromatic heterocycles.